The van der Waals surface area contributed by atoms with E-state index in [0.717, 1.165) is 18.2 Å². The van der Waals surface area contributed by atoms with Crippen molar-refractivity contribution < 1.29 is 18.9 Å². The number of nitrogens with one attached hydrogen (secondary N) is 2. The summed E-state index contributed by atoms with van der Waals surface area (Å²) in [5.41, 5.74) is 3.40. The second-order valence-corrected chi connectivity index (χ2v) is 4.78. The molecule has 118 valence electrons. The lowest BCUT2D eigenvalue weighted by Crippen LogP contribution is -2.41. The first kappa shape index (κ1) is 16.4. The molecule has 2 amide bonds. The summed E-state index contributed by atoms with van der Waals surface area (Å²) in [5.74, 6) is -2.52. The fraction of sp³-hybridized carbons (Fsp3) is 0. The highest BCUT2D eigenvalue weighted by molar-refractivity contribution is 6.30. The minimum atomic E-state index is -1.06. The first-order valence-electron chi connectivity index (χ1n) is 6.18. The number of nitrogens with zero attached hydrogens (tertiary/aromatic N) is 1. The summed E-state index contributed by atoms with van der Waals surface area (Å²) in [6.07, 6.45) is 0. The molecule has 0 unspecified atom stereocenters. The molecule has 0 fully saturated rings. The predicted molar refractivity (Wildman–Crippen MR) is 79.4 cm³/mol. The van der Waals surface area contributed by atoms with Gasteiger partial charge in [0.2, 0.25) is 5.82 Å². The number of rotatable bonds is 3. The molecule has 2 aromatic rings. The molecule has 0 saturated carbocycles. The molecule has 2 aromatic carbocycles. The third-order valence-corrected chi connectivity index (χ3v) is 3.02. The average Bonchev–Trinajstić information content (AvgIpc) is 2.52. The third-order valence-electron chi connectivity index (χ3n) is 2.78. The van der Waals surface area contributed by atoms with E-state index in [1.807, 2.05) is 0 Å². The van der Waals surface area contributed by atoms with Crippen LogP contribution in [0.2, 0.25) is 5.02 Å². The van der Waals surface area contributed by atoms with Crippen molar-refractivity contribution >= 4 is 29.1 Å². The molecule has 0 aliphatic rings. The summed E-state index contributed by atoms with van der Waals surface area (Å²) in [4.78, 5) is 33.3. The Kier molecular flexibility index (Phi) is 4.87. The van der Waals surface area contributed by atoms with E-state index in [1.165, 1.54) is 12.1 Å². The number of benzene rings is 2. The second kappa shape index (κ2) is 6.84. The summed E-state index contributed by atoms with van der Waals surface area (Å²) >= 11 is 5.74. The highest BCUT2D eigenvalue weighted by Gasteiger charge is 2.18. The molecule has 0 atom stereocenters. The number of hydrogen-bond acceptors (Lipinski definition) is 4. The van der Waals surface area contributed by atoms with E-state index in [4.69, 9.17) is 11.6 Å². The molecule has 0 aromatic heterocycles. The lowest BCUT2D eigenvalue weighted by atomic mass is 10.2. The van der Waals surface area contributed by atoms with Gasteiger partial charge in [-0.3, -0.25) is 30.6 Å². The van der Waals surface area contributed by atoms with Crippen LogP contribution in [0.3, 0.4) is 0 Å². The normalized spacial score (nSPS) is 10.0. The first-order chi connectivity index (χ1) is 10.9. The van der Waals surface area contributed by atoms with Crippen LogP contribution in [0.1, 0.15) is 20.7 Å². The van der Waals surface area contributed by atoms with Gasteiger partial charge in [-0.2, -0.15) is 4.39 Å². The van der Waals surface area contributed by atoms with Crippen molar-refractivity contribution in [3.8, 4) is 0 Å². The van der Waals surface area contributed by atoms with Gasteiger partial charge >= 0.3 is 5.69 Å². The van der Waals surface area contributed by atoms with Crippen molar-refractivity contribution in [1.29, 1.82) is 0 Å². The number of halogens is 2. The molecule has 0 bridgehead atoms. The van der Waals surface area contributed by atoms with Gasteiger partial charge < -0.3 is 0 Å². The molecular weight excluding hydrogens is 329 g/mol. The van der Waals surface area contributed by atoms with Gasteiger partial charge in [0, 0.05) is 22.2 Å². The van der Waals surface area contributed by atoms with Crippen LogP contribution >= 0.6 is 11.6 Å². The molecule has 23 heavy (non-hydrogen) atoms. The Balaban J connectivity index is 2.06. The first-order valence-corrected chi connectivity index (χ1v) is 6.56. The lowest BCUT2D eigenvalue weighted by Gasteiger charge is -2.07. The molecule has 7 nitrogen and oxygen atoms in total. The Morgan fingerprint density at radius 2 is 1.65 bits per heavy atom. The van der Waals surface area contributed by atoms with Crippen LogP contribution in [0.5, 0.6) is 0 Å². The molecule has 9 heteroatoms. The van der Waals surface area contributed by atoms with Crippen LogP contribution in [-0.2, 0) is 0 Å². The van der Waals surface area contributed by atoms with E-state index in [-0.39, 0.29) is 11.1 Å². The van der Waals surface area contributed by atoms with Crippen molar-refractivity contribution in [2.75, 3.05) is 0 Å². The molecule has 0 aliphatic carbocycles. The number of hydrogen-bond donors (Lipinski definition) is 2. The quantitative estimate of drug-likeness (QED) is 0.663. The predicted octanol–water partition coefficient (Wildman–Crippen LogP) is 2.46. The van der Waals surface area contributed by atoms with E-state index in [0.29, 0.717) is 5.02 Å². The Labute approximate surface area is 134 Å². The average molecular weight is 338 g/mol. The lowest BCUT2D eigenvalue weighted by molar-refractivity contribution is -0.387. The highest BCUT2D eigenvalue weighted by Crippen LogP contribution is 2.18. The van der Waals surface area contributed by atoms with E-state index >= 15 is 0 Å². The molecule has 0 radical (unpaired) electrons. The van der Waals surface area contributed by atoms with Crippen LogP contribution in [0, 0.1) is 15.9 Å². The van der Waals surface area contributed by atoms with Gasteiger partial charge in [0.1, 0.15) is 0 Å². The standard InChI is InChI=1S/C14H9ClFN3O4/c15-10-3-1-2-8(6-10)13(20)17-18-14(21)9-4-5-11(16)12(7-9)19(22)23/h1-7H,(H,17,20)(H,18,21). The minimum Gasteiger partial charge on any atom is -0.267 e. The van der Waals surface area contributed by atoms with Gasteiger partial charge in [0.05, 0.1) is 4.92 Å². The molecule has 0 aliphatic heterocycles. The summed E-state index contributed by atoms with van der Waals surface area (Å²) in [5, 5.41) is 11.0. The number of hydrazine groups is 1. The zero-order chi connectivity index (χ0) is 17.0. The number of nitro benzene ring substituents is 1. The Morgan fingerprint density at radius 3 is 2.22 bits per heavy atom. The molecule has 0 saturated heterocycles. The van der Waals surface area contributed by atoms with E-state index in [1.54, 1.807) is 12.1 Å². The van der Waals surface area contributed by atoms with Crippen molar-refractivity contribution in [3.63, 3.8) is 0 Å². The van der Waals surface area contributed by atoms with Crippen LogP contribution in [0.15, 0.2) is 42.5 Å². The maximum Gasteiger partial charge on any atom is 0.305 e. The van der Waals surface area contributed by atoms with E-state index < -0.39 is 28.2 Å². The third kappa shape index (κ3) is 4.01. The Hall–Kier alpha value is -3.00. The topological polar surface area (TPSA) is 101 Å². The van der Waals surface area contributed by atoms with E-state index in [9.17, 15) is 24.1 Å². The zero-order valence-corrected chi connectivity index (χ0v) is 12.1. The van der Waals surface area contributed by atoms with Gasteiger partial charge in [0.25, 0.3) is 11.8 Å². The minimum absolute atomic E-state index is 0.176. The van der Waals surface area contributed by atoms with Gasteiger partial charge in [-0.1, -0.05) is 17.7 Å². The number of amides is 2. The summed E-state index contributed by atoms with van der Waals surface area (Å²) in [6, 6.07) is 8.64. The fourth-order valence-corrected chi connectivity index (χ4v) is 1.87. The largest absolute Gasteiger partial charge is 0.305 e. The molecular formula is C14H9ClFN3O4. The molecule has 0 heterocycles. The van der Waals surface area contributed by atoms with Crippen LogP contribution in [0.25, 0.3) is 0 Å². The number of carbonyl (C=O) groups excluding carboxylic acids is 2. The van der Waals surface area contributed by atoms with Crippen molar-refractivity contribution in [3.05, 3.63) is 74.5 Å². The number of carbonyl (C=O) groups is 2. The summed E-state index contributed by atoms with van der Waals surface area (Å²) < 4.78 is 13.2. The summed E-state index contributed by atoms with van der Waals surface area (Å²) in [6.45, 7) is 0. The summed E-state index contributed by atoms with van der Waals surface area (Å²) in [7, 11) is 0. The van der Waals surface area contributed by atoms with Crippen molar-refractivity contribution in [2.45, 2.75) is 0 Å². The van der Waals surface area contributed by atoms with Crippen LogP contribution in [0.4, 0.5) is 10.1 Å². The van der Waals surface area contributed by atoms with Gasteiger partial charge in [0.15, 0.2) is 0 Å². The highest BCUT2D eigenvalue weighted by atomic mass is 35.5. The smallest absolute Gasteiger partial charge is 0.267 e. The second-order valence-electron chi connectivity index (χ2n) is 4.34. The van der Waals surface area contributed by atoms with Crippen molar-refractivity contribution in [2.24, 2.45) is 0 Å². The maximum atomic E-state index is 13.2. The SMILES string of the molecule is O=C(NNC(=O)c1ccc(F)c([N+](=O)[O-])c1)c1cccc(Cl)c1. The maximum absolute atomic E-state index is 13.2. The zero-order valence-electron chi connectivity index (χ0n) is 11.4. The molecule has 0 spiro atoms. The Morgan fingerprint density at radius 1 is 1.04 bits per heavy atom. The van der Waals surface area contributed by atoms with Crippen LogP contribution in [-0.4, -0.2) is 16.7 Å². The van der Waals surface area contributed by atoms with Gasteiger partial charge in [-0.15, -0.1) is 0 Å². The molecule has 2 N–H and O–H groups in total. The van der Waals surface area contributed by atoms with Crippen molar-refractivity contribution in [1.82, 2.24) is 10.9 Å². The van der Waals surface area contributed by atoms with Gasteiger partial charge in [-0.05, 0) is 30.3 Å². The monoisotopic (exact) mass is 337 g/mol. The van der Waals surface area contributed by atoms with Gasteiger partial charge in [-0.25, -0.2) is 0 Å². The number of nitro groups is 1. The van der Waals surface area contributed by atoms with E-state index in [2.05, 4.69) is 10.9 Å². The Bertz CT molecular complexity index is 797. The molecule has 2 rings (SSSR count). The van der Waals surface area contributed by atoms with Crippen LogP contribution < -0.4 is 10.9 Å². The fourth-order valence-electron chi connectivity index (χ4n) is 1.68.